The van der Waals surface area contributed by atoms with Gasteiger partial charge in [0.25, 0.3) is 5.91 Å². The van der Waals surface area contributed by atoms with E-state index in [1.807, 2.05) is 36.7 Å². The Hall–Kier alpha value is -2.60. The van der Waals surface area contributed by atoms with Gasteiger partial charge in [0, 0.05) is 19.1 Å². The number of carbonyl (C=O) groups is 1. The predicted octanol–water partition coefficient (Wildman–Crippen LogP) is 4.06. The molecule has 6 heteroatoms. The highest BCUT2D eigenvalue weighted by atomic mass is 32.1. The molecule has 0 aliphatic carbocycles. The molecule has 1 N–H and O–H groups in total. The van der Waals surface area contributed by atoms with Crippen LogP contribution in [0, 0.1) is 0 Å². The molecule has 3 heterocycles. The third-order valence-electron chi connectivity index (χ3n) is 4.37. The second-order valence-corrected chi connectivity index (χ2v) is 7.29. The highest BCUT2D eigenvalue weighted by molar-refractivity contribution is 7.17. The van der Waals surface area contributed by atoms with Gasteiger partial charge in [-0.05, 0) is 43.5 Å². The standard InChI is InChI=1S/C19H20N4OS/c1-13(2)23-16-7-10-25-18(16)11-17(23)19(24)20-8-9-22-12-21-14-5-3-4-6-15(14)22/h3-7,10-13H,8-9H2,1-2H3,(H,20,24). The largest absolute Gasteiger partial charge is 0.349 e. The zero-order chi connectivity index (χ0) is 17.4. The zero-order valence-electron chi connectivity index (χ0n) is 14.3. The first kappa shape index (κ1) is 15.9. The van der Waals surface area contributed by atoms with Crippen molar-refractivity contribution in [3.63, 3.8) is 0 Å². The predicted molar refractivity (Wildman–Crippen MR) is 102 cm³/mol. The van der Waals surface area contributed by atoms with E-state index >= 15 is 0 Å². The van der Waals surface area contributed by atoms with Crippen LogP contribution in [0.4, 0.5) is 0 Å². The minimum Gasteiger partial charge on any atom is -0.349 e. The minimum absolute atomic E-state index is 0.0264. The molecule has 25 heavy (non-hydrogen) atoms. The van der Waals surface area contributed by atoms with Crippen molar-refractivity contribution in [1.82, 2.24) is 19.4 Å². The number of nitrogens with zero attached hydrogens (tertiary/aromatic N) is 3. The summed E-state index contributed by atoms with van der Waals surface area (Å²) in [6.45, 7) is 5.47. The summed E-state index contributed by atoms with van der Waals surface area (Å²) in [6.07, 6.45) is 1.82. The van der Waals surface area contributed by atoms with Gasteiger partial charge in [0.1, 0.15) is 5.69 Å². The molecule has 4 aromatic rings. The maximum absolute atomic E-state index is 12.7. The van der Waals surface area contributed by atoms with Crippen molar-refractivity contribution in [1.29, 1.82) is 0 Å². The van der Waals surface area contributed by atoms with Crippen LogP contribution in [0.2, 0.25) is 0 Å². The Bertz CT molecular complexity index is 1040. The average Bonchev–Trinajstić information content (AvgIpc) is 3.28. The number of para-hydroxylation sites is 2. The average molecular weight is 352 g/mol. The van der Waals surface area contributed by atoms with Crippen LogP contribution in [0.5, 0.6) is 0 Å². The number of hydrogen-bond acceptors (Lipinski definition) is 3. The van der Waals surface area contributed by atoms with E-state index in [2.05, 4.69) is 44.7 Å². The second kappa shape index (κ2) is 6.37. The molecule has 0 saturated heterocycles. The molecule has 0 atom stereocenters. The van der Waals surface area contributed by atoms with Gasteiger partial charge in [0.05, 0.1) is 27.6 Å². The topological polar surface area (TPSA) is 51.9 Å². The Labute approximate surface area is 149 Å². The van der Waals surface area contributed by atoms with Crippen molar-refractivity contribution in [3.05, 3.63) is 53.8 Å². The van der Waals surface area contributed by atoms with Crippen LogP contribution < -0.4 is 5.32 Å². The van der Waals surface area contributed by atoms with Crippen molar-refractivity contribution >= 4 is 38.5 Å². The fourth-order valence-electron chi connectivity index (χ4n) is 3.24. The molecule has 0 spiro atoms. The summed E-state index contributed by atoms with van der Waals surface area (Å²) in [4.78, 5) is 17.1. The van der Waals surface area contributed by atoms with Crippen LogP contribution in [-0.4, -0.2) is 26.6 Å². The van der Waals surface area contributed by atoms with E-state index in [4.69, 9.17) is 0 Å². The fourth-order valence-corrected chi connectivity index (χ4v) is 4.06. The van der Waals surface area contributed by atoms with Crippen molar-refractivity contribution in [3.8, 4) is 0 Å². The fraction of sp³-hybridized carbons (Fsp3) is 0.263. The van der Waals surface area contributed by atoms with Gasteiger partial charge in [0.15, 0.2) is 0 Å². The first-order valence-electron chi connectivity index (χ1n) is 8.41. The quantitative estimate of drug-likeness (QED) is 0.589. The van der Waals surface area contributed by atoms with Crippen molar-refractivity contribution in [2.45, 2.75) is 26.4 Å². The van der Waals surface area contributed by atoms with Gasteiger partial charge in [-0.25, -0.2) is 4.98 Å². The van der Waals surface area contributed by atoms with Gasteiger partial charge in [-0.1, -0.05) is 12.1 Å². The van der Waals surface area contributed by atoms with E-state index in [-0.39, 0.29) is 11.9 Å². The number of imidazole rings is 1. The van der Waals surface area contributed by atoms with Gasteiger partial charge < -0.3 is 14.5 Å². The molecule has 0 aliphatic heterocycles. The molecule has 128 valence electrons. The number of rotatable bonds is 5. The third kappa shape index (κ3) is 2.82. The van der Waals surface area contributed by atoms with Gasteiger partial charge >= 0.3 is 0 Å². The van der Waals surface area contributed by atoms with Gasteiger partial charge in [0.2, 0.25) is 0 Å². The lowest BCUT2D eigenvalue weighted by atomic mass is 10.3. The van der Waals surface area contributed by atoms with Crippen LogP contribution in [0.1, 0.15) is 30.4 Å². The van der Waals surface area contributed by atoms with E-state index in [1.54, 1.807) is 11.3 Å². The number of amides is 1. The van der Waals surface area contributed by atoms with E-state index in [9.17, 15) is 4.79 Å². The number of nitrogens with one attached hydrogen (secondary N) is 1. The smallest absolute Gasteiger partial charge is 0.268 e. The number of thiophene rings is 1. The Morgan fingerprint density at radius 3 is 2.92 bits per heavy atom. The summed E-state index contributed by atoms with van der Waals surface area (Å²) in [5.41, 5.74) is 3.92. The van der Waals surface area contributed by atoms with Gasteiger partial charge in [-0.15, -0.1) is 11.3 Å². The van der Waals surface area contributed by atoms with E-state index < -0.39 is 0 Å². The van der Waals surface area contributed by atoms with Crippen LogP contribution in [0.25, 0.3) is 21.3 Å². The van der Waals surface area contributed by atoms with Crippen molar-refractivity contribution in [2.75, 3.05) is 6.54 Å². The molecule has 3 aromatic heterocycles. The summed E-state index contributed by atoms with van der Waals surface area (Å²) < 4.78 is 5.32. The lowest BCUT2D eigenvalue weighted by Crippen LogP contribution is -2.29. The third-order valence-corrected chi connectivity index (χ3v) is 5.23. The lowest BCUT2D eigenvalue weighted by Gasteiger charge is -2.14. The van der Waals surface area contributed by atoms with E-state index in [1.165, 1.54) is 0 Å². The summed E-state index contributed by atoms with van der Waals surface area (Å²) in [6, 6.07) is 12.3. The van der Waals surface area contributed by atoms with E-state index in [0.717, 1.165) is 26.9 Å². The highest BCUT2D eigenvalue weighted by Crippen LogP contribution is 2.28. The molecule has 5 nitrogen and oxygen atoms in total. The molecular weight excluding hydrogens is 332 g/mol. The number of carbonyl (C=O) groups excluding carboxylic acids is 1. The highest BCUT2D eigenvalue weighted by Gasteiger charge is 2.17. The molecule has 0 fully saturated rings. The Balaban J connectivity index is 1.49. The first-order valence-corrected chi connectivity index (χ1v) is 9.29. The number of benzene rings is 1. The molecule has 0 saturated carbocycles. The number of hydrogen-bond donors (Lipinski definition) is 1. The Morgan fingerprint density at radius 1 is 1.24 bits per heavy atom. The SMILES string of the molecule is CC(C)n1c(C(=O)NCCn2cnc3ccccc32)cc2sccc21. The monoisotopic (exact) mass is 352 g/mol. The molecule has 0 bridgehead atoms. The van der Waals surface area contributed by atoms with Crippen molar-refractivity contribution in [2.24, 2.45) is 0 Å². The molecule has 0 aliphatic rings. The molecule has 1 aromatic carbocycles. The normalized spacial score (nSPS) is 11.6. The first-order chi connectivity index (χ1) is 12.1. The van der Waals surface area contributed by atoms with E-state index in [0.29, 0.717) is 13.1 Å². The van der Waals surface area contributed by atoms with Gasteiger partial charge in [-0.3, -0.25) is 4.79 Å². The van der Waals surface area contributed by atoms with Gasteiger partial charge in [-0.2, -0.15) is 0 Å². The molecule has 1 amide bonds. The Morgan fingerprint density at radius 2 is 2.08 bits per heavy atom. The molecule has 0 unspecified atom stereocenters. The summed E-state index contributed by atoms with van der Waals surface area (Å²) in [5.74, 6) is -0.0264. The number of aromatic nitrogens is 3. The Kier molecular flexibility index (Phi) is 4.05. The maximum atomic E-state index is 12.7. The summed E-state index contributed by atoms with van der Waals surface area (Å²) in [7, 11) is 0. The molecular formula is C19H20N4OS. The van der Waals surface area contributed by atoms with Crippen molar-refractivity contribution < 1.29 is 4.79 Å². The van der Waals surface area contributed by atoms with Crippen LogP contribution in [0.15, 0.2) is 48.1 Å². The maximum Gasteiger partial charge on any atom is 0.268 e. The summed E-state index contributed by atoms with van der Waals surface area (Å²) in [5, 5.41) is 5.11. The van der Waals surface area contributed by atoms with Crippen LogP contribution >= 0.6 is 11.3 Å². The number of fused-ring (bicyclic) bond motifs is 2. The second-order valence-electron chi connectivity index (χ2n) is 6.35. The van der Waals surface area contributed by atoms with Crippen LogP contribution in [-0.2, 0) is 6.54 Å². The summed E-state index contributed by atoms with van der Waals surface area (Å²) >= 11 is 1.67. The minimum atomic E-state index is -0.0264. The molecule has 0 radical (unpaired) electrons. The van der Waals surface area contributed by atoms with Crippen LogP contribution in [0.3, 0.4) is 0 Å². The zero-order valence-corrected chi connectivity index (χ0v) is 15.1. The lowest BCUT2D eigenvalue weighted by molar-refractivity contribution is 0.0942. The molecule has 4 rings (SSSR count).